The second-order valence-electron chi connectivity index (χ2n) is 23.3. The highest BCUT2D eigenvalue weighted by Crippen LogP contribution is 2.35. The van der Waals surface area contributed by atoms with Gasteiger partial charge in [-0.05, 0) is 200 Å². The van der Waals surface area contributed by atoms with Gasteiger partial charge in [0.1, 0.15) is 36.2 Å². The number of unbranched alkanes of at least 4 members (excludes halogenated alkanes) is 9. The summed E-state index contributed by atoms with van der Waals surface area (Å²) >= 11 is 1.58. The second kappa shape index (κ2) is 42.1. The van der Waals surface area contributed by atoms with Gasteiger partial charge in [0.2, 0.25) is 5.13 Å². The molecule has 0 spiro atoms. The van der Waals surface area contributed by atoms with Crippen LogP contribution in [0.4, 0.5) is 5.13 Å². The molecule has 22 heteroatoms. The van der Waals surface area contributed by atoms with Crippen LogP contribution in [0.3, 0.4) is 0 Å². The van der Waals surface area contributed by atoms with Crippen LogP contribution >= 0.6 is 11.3 Å². The van der Waals surface area contributed by atoms with Crippen molar-refractivity contribution in [1.29, 1.82) is 0 Å². The number of ether oxygens (including phenoxy) is 8. The molecule has 0 atom stereocenters. The van der Waals surface area contributed by atoms with Crippen LogP contribution < -0.4 is 33.7 Å². The molecule has 1 heterocycles. The van der Waals surface area contributed by atoms with Gasteiger partial charge in [-0.3, -0.25) is 19.2 Å². The zero-order valence-electron chi connectivity index (χ0n) is 54.1. The Kier molecular flexibility index (Phi) is 32.7. The van der Waals surface area contributed by atoms with E-state index in [1.807, 2.05) is 35.3 Å². The van der Waals surface area contributed by atoms with E-state index < -0.39 is 23.9 Å². The van der Waals surface area contributed by atoms with E-state index in [2.05, 4.69) is 26.1 Å². The Hall–Kier alpha value is -8.34. The van der Waals surface area contributed by atoms with Crippen molar-refractivity contribution in [1.82, 2.24) is 4.98 Å². The number of hydrazone groups is 1. The molecule has 0 radical (unpaired) electrons. The number of esters is 6. The van der Waals surface area contributed by atoms with Gasteiger partial charge in [-0.15, -0.1) is 0 Å². The Morgan fingerprint density at radius 1 is 0.532 bits per heavy atom. The molecule has 0 N–H and O–H groups in total. The third-order valence-electron chi connectivity index (χ3n) is 16.0. The largest absolute Gasteiger partial charge is 0.494 e. The molecule has 0 amide bonds. The molecule has 0 saturated heterocycles. The van der Waals surface area contributed by atoms with Gasteiger partial charge in [0.25, 0.3) is 0 Å². The molecule has 4 aromatic carbocycles. The lowest BCUT2D eigenvalue weighted by molar-refractivity contribution is -0.218. The summed E-state index contributed by atoms with van der Waals surface area (Å²) in [5, 5.41) is 7.67. The van der Waals surface area contributed by atoms with Crippen LogP contribution in [0.1, 0.15) is 154 Å². The minimum atomic E-state index is -0.572. The maximum absolute atomic E-state index is 13.8. The van der Waals surface area contributed by atoms with Gasteiger partial charge in [-0.2, -0.15) is 14.9 Å². The summed E-state index contributed by atoms with van der Waals surface area (Å²) in [6.45, 7) is 11.8. The average Bonchev–Trinajstić information content (AvgIpc) is 1.63. The van der Waals surface area contributed by atoms with Gasteiger partial charge < -0.3 is 47.7 Å². The number of carbonyl (C=O) groups excluding carboxylic acids is 6. The number of benzene rings is 4. The molecule has 508 valence electrons. The number of aromatic nitrogens is 1. The normalized spacial score (nSPS) is 16.1. The number of hydrogen-bond acceptors (Lipinski definition) is 22. The fraction of sp³-hybridized carbons (Fsp3) is 0.500. The maximum atomic E-state index is 13.8. The molecule has 0 unspecified atom stereocenters. The van der Waals surface area contributed by atoms with E-state index in [9.17, 15) is 28.8 Å². The number of rotatable bonds is 44. The van der Waals surface area contributed by atoms with Crippen LogP contribution in [0.2, 0.25) is 0 Å². The minimum absolute atomic E-state index is 0.00775. The summed E-state index contributed by atoms with van der Waals surface area (Å²) in [6, 6.07) is 27.5. The van der Waals surface area contributed by atoms with Crippen molar-refractivity contribution in [3.8, 4) is 34.5 Å². The Morgan fingerprint density at radius 3 is 1.56 bits per heavy atom. The van der Waals surface area contributed by atoms with Crippen LogP contribution in [0, 0.1) is 23.7 Å². The topological polar surface area (TPSA) is 242 Å². The van der Waals surface area contributed by atoms with Gasteiger partial charge in [-0.1, -0.05) is 62.8 Å². The zero-order chi connectivity index (χ0) is 66.4. The van der Waals surface area contributed by atoms with Crippen LogP contribution in [-0.2, 0) is 57.5 Å². The van der Waals surface area contributed by atoms with Crippen molar-refractivity contribution < 1.29 is 86.2 Å². The molecule has 2 aliphatic rings. The van der Waals surface area contributed by atoms with Gasteiger partial charge in [0.05, 0.1) is 80.7 Å². The first-order valence-electron chi connectivity index (χ1n) is 33.1. The smallest absolute Gasteiger partial charge is 0.330 e. The minimum Gasteiger partial charge on any atom is -0.494 e. The molecule has 21 nitrogen and oxygen atoms in total. The summed E-state index contributed by atoms with van der Waals surface area (Å²) < 4.78 is 44.6. The molecule has 0 bridgehead atoms. The third-order valence-corrected chi connectivity index (χ3v) is 17.0. The van der Waals surface area contributed by atoms with E-state index in [4.69, 9.17) is 67.5 Å². The maximum Gasteiger partial charge on any atom is 0.330 e. The molecule has 5 aromatic rings. The van der Waals surface area contributed by atoms with E-state index >= 15 is 0 Å². The third kappa shape index (κ3) is 27.3. The predicted octanol–water partition coefficient (Wildman–Crippen LogP) is 14.4. The molecular weight excluding hydrogens is 1230 g/mol. The van der Waals surface area contributed by atoms with Crippen molar-refractivity contribution in [2.45, 2.75) is 148 Å². The number of thiazole rings is 1. The fourth-order valence-corrected chi connectivity index (χ4v) is 11.4. The highest BCUT2D eigenvalue weighted by molar-refractivity contribution is 7.22. The van der Waals surface area contributed by atoms with E-state index in [1.54, 1.807) is 72.1 Å². The molecule has 2 aliphatic carbocycles. The molecule has 2 fully saturated rings. The van der Waals surface area contributed by atoms with Crippen LogP contribution in [0.15, 0.2) is 121 Å². The molecule has 2 saturated carbocycles. The molecule has 0 aliphatic heterocycles. The number of carbonyl (C=O) groups is 6. The highest BCUT2D eigenvalue weighted by Gasteiger charge is 2.30. The molecule has 7 rings (SSSR count). The van der Waals surface area contributed by atoms with Gasteiger partial charge in [-0.25, -0.2) is 19.6 Å². The molecular formula is C72H91N3O18S. The number of para-hydroxylation sites is 1. The van der Waals surface area contributed by atoms with Crippen molar-refractivity contribution in [2.75, 3.05) is 64.4 Å². The van der Waals surface area contributed by atoms with Gasteiger partial charge >= 0.3 is 35.8 Å². The fourth-order valence-electron chi connectivity index (χ4n) is 10.5. The van der Waals surface area contributed by atoms with E-state index in [0.717, 1.165) is 130 Å². The molecule has 1 aromatic heterocycles. The van der Waals surface area contributed by atoms with Gasteiger partial charge in [0.15, 0.2) is 11.5 Å². The van der Waals surface area contributed by atoms with Crippen molar-refractivity contribution >= 4 is 68.7 Å². The number of fused-ring (bicyclic) bond motifs is 1. The predicted molar refractivity (Wildman–Crippen MR) is 355 cm³/mol. The Labute approximate surface area is 555 Å². The Morgan fingerprint density at radius 2 is 1.02 bits per heavy atom. The molecule has 94 heavy (non-hydrogen) atoms. The zero-order valence-corrected chi connectivity index (χ0v) is 55.0. The lowest BCUT2D eigenvalue weighted by Gasteiger charge is -2.27. The van der Waals surface area contributed by atoms with Crippen molar-refractivity contribution in [3.05, 3.63) is 122 Å². The van der Waals surface area contributed by atoms with Crippen LogP contribution in [0.25, 0.3) is 10.2 Å². The number of nitrogens with zero attached hydrogens (tertiary/aromatic N) is 3. The van der Waals surface area contributed by atoms with E-state index in [0.29, 0.717) is 112 Å². The second-order valence-corrected chi connectivity index (χ2v) is 24.3. The standard InChI is InChI=1S/C72H91N3O18S/c1-4-7-8-15-42-75(72-74-63-20-13-14-21-65(63)94-72)73-50-57-49-62(91-71(81)56-28-22-53(23-29-56)51-88-92-61-36-32-59(33-37-61)83-44-17-10-12-19-46-85-69(79)41-48-87-67(77)6-3)38-39-64(57)93-89-52-54-24-26-55(27-25-54)70(80)90-60-34-30-58(31-35-60)82-43-16-9-11-18-45-84-68(78)40-47-86-66(76)5-2/h5-6,13-14,20-21,30-39,49-50,53-56H,2-4,7-12,15-19,22-29,40-48,51-52H2,1H3/b73-50+. The number of hydrogen-bond donors (Lipinski definition) is 0. The highest BCUT2D eigenvalue weighted by atomic mass is 32.1. The Balaban J connectivity index is 0.819. The lowest BCUT2D eigenvalue weighted by atomic mass is 9.82. The first-order valence-corrected chi connectivity index (χ1v) is 34.0. The van der Waals surface area contributed by atoms with E-state index in [1.165, 1.54) is 0 Å². The number of anilines is 1. The summed E-state index contributed by atoms with van der Waals surface area (Å²) in [5.41, 5.74) is 1.46. The van der Waals surface area contributed by atoms with Crippen LogP contribution in [-0.4, -0.2) is 106 Å². The first-order chi connectivity index (χ1) is 45.9. The average molecular weight is 1320 g/mol. The lowest BCUT2D eigenvalue weighted by Crippen LogP contribution is -2.27. The van der Waals surface area contributed by atoms with Crippen molar-refractivity contribution in [2.24, 2.45) is 28.8 Å². The summed E-state index contributed by atoms with van der Waals surface area (Å²) in [6.07, 6.45) is 20.4. The SMILES string of the molecule is C=CC(=O)OCCC(=O)OCCCCCCOc1ccc(OOCC2CCC(C(=O)Oc3ccc(OOCC4CCC(C(=O)Oc5ccc(OCCCCCCOC(=O)CCOC(=O)C=C)cc5)CC4)c(/C=N/N(CCCCCC)c4nc5ccccc5s4)c3)CC2)cc1. The van der Waals surface area contributed by atoms with Crippen molar-refractivity contribution in [3.63, 3.8) is 0 Å². The van der Waals surface area contributed by atoms with E-state index in [-0.39, 0.29) is 61.7 Å². The Bertz CT molecular complexity index is 3120. The summed E-state index contributed by atoms with van der Waals surface area (Å²) in [7, 11) is 0. The van der Waals surface area contributed by atoms with Crippen LogP contribution in [0.5, 0.6) is 34.5 Å². The quantitative estimate of drug-likeness (QED) is 0.00514. The monoisotopic (exact) mass is 1320 g/mol. The summed E-state index contributed by atoms with van der Waals surface area (Å²) in [5.74, 6) is 0.468. The van der Waals surface area contributed by atoms with Gasteiger partial charge in [0, 0.05) is 24.3 Å². The first kappa shape index (κ1) is 73.1. The summed E-state index contributed by atoms with van der Waals surface area (Å²) in [4.78, 5) is 101.